The smallest absolute Gasteiger partial charge is 0.330 e. The van der Waals surface area contributed by atoms with E-state index in [9.17, 15) is 9.59 Å². The summed E-state index contributed by atoms with van der Waals surface area (Å²) in [5.41, 5.74) is 6.78. The molecule has 0 atom stereocenters. The van der Waals surface area contributed by atoms with E-state index in [1.807, 2.05) is 26.0 Å². The minimum atomic E-state index is -0.387. The number of carbonyl (C=O) groups is 2. The molecule has 0 radical (unpaired) electrons. The fourth-order valence-corrected chi connectivity index (χ4v) is 2.67. The van der Waals surface area contributed by atoms with Crippen LogP contribution in [0.15, 0.2) is 47.5 Å². The van der Waals surface area contributed by atoms with Crippen LogP contribution in [0.1, 0.15) is 34.0 Å². The van der Waals surface area contributed by atoms with Crippen LogP contribution in [0.5, 0.6) is 0 Å². The number of hydrogen-bond donors (Lipinski definition) is 3. The second-order valence-corrected chi connectivity index (χ2v) is 6.04. The van der Waals surface area contributed by atoms with Gasteiger partial charge in [-0.2, -0.15) is 0 Å². The lowest BCUT2D eigenvalue weighted by Crippen LogP contribution is -2.18. The molecule has 4 N–H and O–H groups in total. The molecule has 28 heavy (non-hydrogen) atoms. The van der Waals surface area contributed by atoms with Crippen LogP contribution >= 0.6 is 0 Å². The molecule has 0 bridgehead atoms. The highest BCUT2D eigenvalue weighted by Crippen LogP contribution is 2.24. The number of nitrogens with zero attached hydrogens (tertiary/aromatic N) is 1. The van der Waals surface area contributed by atoms with Gasteiger partial charge in [0.2, 0.25) is 0 Å². The van der Waals surface area contributed by atoms with Crippen molar-refractivity contribution in [1.82, 2.24) is 5.43 Å². The Morgan fingerprint density at radius 3 is 2.54 bits per heavy atom. The van der Waals surface area contributed by atoms with Gasteiger partial charge in [0.25, 0.3) is 5.91 Å². The first kappa shape index (κ1) is 20.9. The Hall–Kier alpha value is -3.45. The molecule has 0 aliphatic heterocycles. The summed E-state index contributed by atoms with van der Waals surface area (Å²) < 4.78 is 4.88. The zero-order valence-electron chi connectivity index (χ0n) is 16.2. The van der Waals surface area contributed by atoms with E-state index in [1.54, 1.807) is 37.3 Å². The summed E-state index contributed by atoms with van der Waals surface area (Å²) in [6.45, 7) is 5.89. The van der Waals surface area contributed by atoms with Crippen molar-refractivity contribution in [3.63, 3.8) is 0 Å². The first-order valence-electron chi connectivity index (χ1n) is 8.80. The lowest BCUT2D eigenvalue weighted by molar-refractivity contribution is -0.137. The predicted octanol–water partition coefficient (Wildman–Crippen LogP) is 3.26. The number of aliphatic imine (C=N–C) groups is 1. The van der Waals surface area contributed by atoms with Gasteiger partial charge in [-0.05, 0) is 73.9 Å². The standard InChI is InChI=1S/C21H24N4O3/c1-4-28-19(26)9-8-16-10-14(2)20(15(3)11-16)25-21(27)17-6-5-7-18(12-17)23-13-24-22/h5-13H,4,22H2,1-3H3,(H,23,24)(H,25,27)/b9-8+. The highest BCUT2D eigenvalue weighted by atomic mass is 16.5. The van der Waals surface area contributed by atoms with Crippen LogP contribution in [-0.2, 0) is 9.53 Å². The van der Waals surface area contributed by atoms with E-state index in [-0.39, 0.29) is 11.9 Å². The highest BCUT2D eigenvalue weighted by Gasteiger charge is 2.11. The lowest BCUT2D eigenvalue weighted by Gasteiger charge is -2.13. The van der Waals surface area contributed by atoms with Crippen LogP contribution in [0.2, 0.25) is 0 Å². The van der Waals surface area contributed by atoms with Gasteiger partial charge in [0.15, 0.2) is 0 Å². The second-order valence-electron chi connectivity index (χ2n) is 6.04. The number of aryl methyl sites for hydroxylation is 2. The first-order chi connectivity index (χ1) is 13.4. The molecule has 0 spiro atoms. The molecule has 0 saturated heterocycles. The highest BCUT2D eigenvalue weighted by molar-refractivity contribution is 6.05. The molecule has 0 aliphatic rings. The van der Waals surface area contributed by atoms with Crippen molar-refractivity contribution in [2.75, 3.05) is 11.9 Å². The summed E-state index contributed by atoms with van der Waals surface area (Å²) in [6.07, 6.45) is 4.42. The molecule has 7 nitrogen and oxygen atoms in total. The van der Waals surface area contributed by atoms with E-state index >= 15 is 0 Å². The molecule has 0 fully saturated rings. The van der Waals surface area contributed by atoms with Crippen molar-refractivity contribution in [3.05, 3.63) is 64.7 Å². The lowest BCUT2D eigenvalue weighted by atomic mass is 10.0. The van der Waals surface area contributed by atoms with Crippen molar-refractivity contribution in [2.45, 2.75) is 20.8 Å². The molecule has 7 heteroatoms. The summed E-state index contributed by atoms with van der Waals surface area (Å²) in [4.78, 5) is 28.2. The van der Waals surface area contributed by atoms with Gasteiger partial charge in [0.1, 0.15) is 6.34 Å². The van der Waals surface area contributed by atoms with Crippen LogP contribution in [0.4, 0.5) is 11.4 Å². The van der Waals surface area contributed by atoms with Gasteiger partial charge in [-0.3, -0.25) is 4.79 Å². The molecule has 0 aromatic heterocycles. The molecule has 146 valence electrons. The predicted molar refractivity (Wildman–Crippen MR) is 111 cm³/mol. The van der Waals surface area contributed by atoms with E-state index in [2.05, 4.69) is 15.7 Å². The number of rotatable bonds is 7. The molecule has 0 saturated carbocycles. The maximum absolute atomic E-state index is 12.6. The van der Waals surface area contributed by atoms with Crippen molar-refractivity contribution >= 4 is 35.7 Å². The number of hydrogen-bond acceptors (Lipinski definition) is 5. The van der Waals surface area contributed by atoms with Gasteiger partial charge >= 0.3 is 5.97 Å². The van der Waals surface area contributed by atoms with E-state index < -0.39 is 0 Å². The molecular formula is C21H24N4O3. The Morgan fingerprint density at radius 1 is 1.18 bits per heavy atom. The molecule has 0 heterocycles. The van der Waals surface area contributed by atoms with E-state index in [0.29, 0.717) is 17.9 Å². The van der Waals surface area contributed by atoms with Crippen LogP contribution < -0.4 is 16.6 Å². The normalized spacial score (nSPS) is 11.0. The van der Waals surface area contributed by atoms with Gasteiger partial charge in [-0.1, -0.05) is 6.07 Å². The minimum Gasteiger partial charge on any atom is -0.463 e. The Kier molecular flexibility index (Phi) is 7.47. The van der Waals surface area contributed by atoms with Crippen LogP contribution in [0, 0.1) is 13.8 Å². The summed E-state index contributed by atoms with van der Waals surface area (Å²) in [5, 5.41) is 2.94. The third-order valence-electron chi connectivity index (χ3n) is 3.89. The second kappa shape index (κ2) is 10.0. The third-order valence-corrected chi connectivity index (χ3v) is 3.89. The largest absolute Gasteiger partial charge is 0.463 e. The number of carbonyl (C=O) groups excluding carboxylic acids is 2. The fourth-order valence-electron chi connectivity index (χ4n) is 2.67. The molecule has 2 rings (SSSR count). The molecule has 0 aliphatic carbocycles. The third kappa shape index (κ3) is 5.78. The summed E-state index contributed by atoms with van der Waals surface area (Å²) in [6, 6.07) is 10.7. The van der Waals surface area contributed by atoms with Crippen molar-refractivity contribution in [3.8, 4) is 0 Å². The molecule has 2 aromatic carbocycles. The number of nitrogens with one attached hydrogen (secondary N) is 2. The van der Waals surface area contributed by atoms with Gasteiger partial charge in [0, 0.05) is 17.3 Å². The Morgan fingerprint density at radius 2 is 1.89 bits per heavy atom. The molecule has 0 unspecified atom stereocenters. The Bertz CT molecular complexity index is 897. The number of esters is 1. The monoisotopic (exact) mass is 380 g/mol. The molecule has 1 amide bonds. The number of benzene rings is 2. The summed E-state index contributed by atoms with van der Waals surface area (Å²) in [7, 11) is 0. The number of anilines is 1. The zero-order chi connectivity index (χ0) is 20.5. The average molecular weight is 380 g/mol. The van der Waals surface area contributed by atoms with Crippen molar-refractivity contribution in [1.29, 1.82) is 0 Å². The Balaban J connectivity index is 2.19. The topological polar surface area (TPSA) is 106 Å². The average Bonchev–Trinajstić information content (AvgIpc) is 2.68. The van der Waals surface area contributed by atoms with Crippen molar-refractivity contribution in [2.24, 2.45) is 10.8 Å². The van der Waals surface area contributed by atoms with E-state index in [1.165, 1.54) is 12.4 Å². The quantitative estimate of drug-likeness (QED) is 0.171. The molecule has 2 aromatic rings. The van der Waals surface area contributed by atoms with Gasteiger partial charge in [-0.15, -0.1) is 0 Å². The SMILES string of the molecule is CCOC(=O)/C=C/c1cc(C)c(NC(=O)c2cccc(N=CNN)c2)c(C)c1. The summed E-state index contributed by atoms with van der Waals surface area (Å²) >= 11 is 0. The van der Waals surface area contributed by atoms with E-state index in [0.717, 1.165) is 22.4 Å². The Labute approximate surface area is 164 Å². The van der Waals surface area contributed by atoms with E-state index in [4.69, 9.17) is 10.6 Å². The summed E-state index contributed by atoms with van der Waals surface area (Å²) in [5.74, 6) is 4.54. The fraction of sp³-hybridized carbons (Fsp3) is 0.190. The number of hydrazine groups is 1. The zero-order valence-corrected chi connectivity index (χ0v) is 16.2. The molecular weight excluding hydrogens is 356 g/mol. The van der Waals surface area contributed by atoms with Gasteiger partial charge in [0.05, 0.1) is 12.3 Å². The maximum Gasteiger partial charge on any atom is 0.330 e. The first-order valence-corrected chi connectivity index (χ1v) is 8.80. The van der Waals surface area contributed by atoms with Crippen LogP contribution in [0.25, 0.3) is 6.08 Å². The number of nitrogens with two attached hydrogens (primary N) is 1. The van der Waals surface area contributed by atoms with Crippen LogP contribution in [-0.4, -0.2) is 24.8 Å². The maximum atomic E-state index is 12.6. The van der Waals surface area contributed by atoms with Crippen molar-refractivity contribution < 1.29 is 14.3 Å². The van der Waals surface area contributed by atoms with Crippen LogP contribution in [0.3, 0.4) is 0 Å². The van der Waals surface area contributed by atoms with Gasteiger partial charge < -0.3 is 15.5 Å². The minimum absolute atomic E-state index is 0.237. The number of amides is 1. The number of ether oxygens (including phenoxy) is 1. The van der Waals surface area contributed by atoms with Gasteiger partial charge in [-0.25, -0.2) is 15.6 Å².